The molecule has 8 N–H and O–H groups in total. The SMILES string of the molecule is COc1nc(Nc2cc(N3CCNCC3)cc(-c3ccc4c(C)nc(Nc5cc(N6CCNCC6)cc(-c6cc7nc(Nc8cc(N9CCNCC9)ccn8)cc(C)c7[nH]6)n5)nc4c3)n2)nc2[nH]ccc12. The number of H-pyrrole nitrogens is 2. The maximum Gasteiger partial charge on any atom is 0.233 e. The Morgan fingerprint density at radius 3 is 1.87 bits per heavy atom. The number of aromatic amines is 2. The third-order valence-electron chi connectivity index (χ3n) is 13.4. The summed E-state index contributed by atoms with van der Waals surface area (Å²) in [6, 6.07) is 24.8. The first kappa shape index (κ1) is 44.0. The van der Waals surface area contributed by atoms with Crippen molar-refractivity contribution in [2.24, 2.45) is 0 Å². The Hall–Kier alpha value is -8.20. The first-order chi connectivity index (χ1) is 34.8. The molecule has 20 heteroatoms. The highest BCUT2D eigenvalue weighted by Crippen LogP contribution is 2.34. The van der Waals surface area contributed by atoms with Gasteiger partial charge in [-0.2, -0.15) is 9.97 Å². The van der Waals surface area contributed by atoms with Crippen molar-refractivity contribution >= 4 is 85.2 Å². The van der Waals surface area contributed by atoms with Gasteiger partial charge in [0.1, 0.15) is 28.9 Å². The summed E-state index contributed by atoms with van der Waals surface area (Å²) in [6.07, 6.45) is 3.67. The number of aryl methyl sites for hydroxylation is 2. The van der Waals surface area contributed by atoms with Crippen LogP contribution in [0.1, 0.15) is 11.3 Å². The quantitative estimate of drug-likeness (QED) is 0.0665. The monoisotopic (exact) mass is 949 g/mol. The largest absolute Gasteiger partial charge is 0.480 e. The predicted molar refractivity (Wildman–Crippen MR) is 281 cm³/mol. The number of rotatable bonds is 12. The van der Waals surface area contributed by atoms with E-state index in [1.807, 2.05) is 31.5 Å². The van der Waals surface area contributed by atoms with E-state index < -0.39 is 0 Å². The first-order valence-corrected chi connectivity index (χ1v) is 24.2. The topological polar surface area (TPSA) is 226 Å². The van der Waals surface area contributed by atoms with Gasteiger partial charge < -0.3 is 61.3 Å². The fourth-order valence-electron chi connectivity index (χ4n) is 9.73. The van der Waals surface area contributed by atoms with Crippen LogP contribution in [0.2, 0.25) is 0 Å². The third kappa shape index (κ3) is 9.22. The van der Waals surface area contributed by atoms with Gasteiger partial charge in [-0.05, 0) is 61.9 Å². The van der Waals surface area contributed by atoms with Crippen molar-refractivity contribution in [1.29, 1.82) is 0 Å². The molecule has 3 saturated heterocycles. The van der Waals surface area contributed by atoms with Crippen molar-refractivity contribution in [1.82, 2.24) is 65.8 Å². The Balaban J connectivity index is 0.861. The van der Waals surface area contributed by atoms with Crippen molar-refractivity contribution in [3.63, 3.8) is 0 Å². The summed E-state index contributed by atoms with van der Waals surface area (Å²) >= 11 is 0. The van der Waals surface area contributed by atoms with Gasteiger partial charge in [-0.25, -0.2) is 29.9 Å². The Labute approximate surface area is 409 Å². The minimum Gasteiger partial charge on any atom is -0.480 e. The van der Waals surface area contributed by atoms with Crippen LogP contribution in [0.5, 0.6) is 5.88 Å². The van der Waals surface area contributed by atoms with E-state index in [4.69, 9.17) is 34.6 Å². The van der Waals surface area contributed by atoms with Gasteiger partial charge in [-0.15, -0.1) is 0 Å². The van der Waals surface area contributed by atoms with Crippen molar-refractivity contribution in [2.75, 3.05) is 116 Å². The lowest BCUT2D eigenvalue weighted by Gasteiger charge is -2.30. The molecular weight excluding hydrogens is 895 g/mol. The standard InChI is InChI=1S/C51H55N19O/c1-30-22-44(63-43-26-33(6-8-55-43)68-16-10-52-11-17-68)60-42-29-41(61-47(30)42)40-25-35(70-20-14-54-15-21-70)28-46(59-40)64-50-57-31(2)36-5-4-32(23-39(36)62-50)38-24-34(69-18-12-53-13-19-69)27-45(58-38)65-51-66-48-37(7-9-56-48)49(67-51)71-3/h4-9,22-29,52-54,61H,10-21H2,1-3H3,(H,55,60,63)(H,57,59,62,64)(H2,56,58,65,66,67). The van der Waals surface area contributed by atoms with Crippen molar-refractivity contribution in [2.45, 2.75) is 13.8 Å². The lowest BCUT2D eigenvalue weighted by Crippen LogP contribution is -2.43. The number of ether oxygens (including phenoxy) is 1. The molecule has 0 spiro atoms. The van der Waals surface area contributed by atoms with Crippen LogP contribution in [-0.4, -0.2) is 135 Å². The molecule has 20 nitrogen and oxygen atoms in total. The number of methoxy groups -OCH3 is 1. The van der Waals surface area contributed by atoms with E-state index in [9.17, 15) is 0 Å². The van der Waals surface area contributed by atoms with Crippen LogP contribution < -0.4 is 51.3 Å². The summed E-state index contributed by atoms with van der Waals surface area (Å²) in [5.74, 6) is 4.01. The van der Waals surface area contributed by atoms with Gasteiger partial charge in [0.15, 0.2) is 0 Å². The number of fused-ring (bicyclic) bond motifs is 3. The number of pyridine rings is 4. The molecule has 11 heterocycles. The van der Waals surface area contributed by atoms with Crippen LogP contribution in [0.3, 0.4) is 0 Å². The van der Waals surface area contributed by atoms with E-state index in [1.54, 1.807) is 7.11 Å². The summed E-state index contributed by atoms with van der Waals surface area (Å²) < 4.78 is 5.60. The van der Waals surface area contributed by atoms with Gasteiger partial charge in [0.05, 0.1) is 51.8 Å². The third-order valence-corrected chi connectivity index (χ3v) is 13.4. The number of hydrogen-bond acceptors (Lipinski definition) is 18. The fraction of sp³-hybridized carbons (Fsp3) is 0.294. The second-order valence-corrected chi connectivity index (χ2v) is 18.1. The zero-order chi connectivity index (χ0) is 47.8. The Morgan fingerprint density at radius 2 is 1.17 bits per heavy atom. The minimum atomic E-state index is 0.377. The molecule has 3 fully saturated rings. The highest BCUT2D eigenvalue weighted by molar-refractivity contribution is 5.89. The number of anilines is 9. The van der Waals surface area contributed by atoms with E-state index in [-0.39, 0.29) is 0 Å². The van der Waals surface area contributed by atoms with Crippen molar-refractivity contribution in [3.8, 4) is 28.5 Å². The van der Waals surface area contributed by atoms with Crippen LogP contribution in [-0.2, 0) is 0 Å². The molecular formula is C51H55N19O. The molecule has 9 aromatic rings. The predicted octanol–water partition coefficient (Wildman–Crippen LogP) is 6.38. The molecule has 0 amide bonds. The average Bonchev–Trinajstić information content (AvgIpc) is 4.07. The molecule has 1 aromatic carbocycles. The second-order valence-electron chi connectivity index (χ2n) is 18.1. The van der Waals surface area contributed by atoms with Crippen LogP contribution in [0.15, 0.2) is 85.2 Å². The summed E-state index contributed by atoms with van der Waals surface area (Å²) in [5.41, 5.74) is 11.7. The van der Waals surface area contributed by atoms with E-state index in [0.717, 1.165) is 168 Å². The molecule has 0 saturated carbocycles. The molecule has 12 rings (SSSR count). The average molecular weight is 950 g/mol. The lowest BCUT2D eigenvalue weighted by molar-refractivity contribution is 0.403. The maximum absolute atomic E-state index is 5.60. The summed E-state index contributed by atoms with van der Waals surface area (Å²) in [6.45, 7) is 15.0. The smallest absolute Gasteiger partial charge is 0.233 e. The molecule has 0 bridgehead atoms. The van der Waals surface area contributed by atoms with Gasteiger partial charge in [0.2, 0.25) is 17.8 Å². The van der Waals surface area contributed by atoms with Crippen molar-refractivity contribution < 1.29 is 4.74 Å². The summed E-state index contributed by atoms with van der Waals surface area (Å²) in [5, 5.41) is 22.5. The maximum atomic E-state index is 5.60. The molecule has 3 aliphatic heterocycles. The Morgan fingerprint density at radius 1 is 0.535 bits per heavy atom. The van der Waals surface area contributed by atoms with E-state index in [1.165, 1.54) is 0 Å². The van der Waals surface area contributed by atoms with Crippen LogP contribution in [0.4, 0.5) is 52.2 Å². The molecule has 0 aliphatic carbocycles. The highest BCUT2D eigenvalue weighted by Gasteiger charge is 2.20. The Bertz CT molecular complexity index is 3410. The van der Waals surface area contributed by atoms with Crippen LogP contribution in [0, 0.1) is 13.8 Å². The van der Waals surface area contributed by atoms with Crippen LogP contribution in [0.25, 0.3) is 55.6 Å². The summed E-state index contributed by atoms with van der Waals surface area (Å²) in [4.78, 5) is 53.3. The molecule has 360 valence electrons. The summed E-state index contributed by atoms with van der Waals surface area (Å²) in [7, 11) is 1.61. The van der Waals surface area contributed by atoms with E-state index >= 15 is 0 Å². The lowest BCUT2D eigenvalue weighted by atomic mass is 10.1. The molecule has 3 aliphatic rings. The number of aromatic nitrogens is 10. The van der Waals surface area contributed by atoms with Crippen LogP contribution >= 0.6 is 0 Å². The fourth-order valence-corrected chi connectivity index (χ4v) is 9.73. The van der Waals surface area contributed by atoms with Gasteiger partial charge in [0.25, 0.3) is 0 Å². The number of piperazine rings is 3. The highest BCUT2D eigenvalue weighted by atomic mass is 16.5. The van der Waals surface area contributed by atoms with Gasteiger partial charge >= 0.3 is 0 Å². The molecule has 0 atom stereocenters. The number of benzene rings is 1. The number of nitrogens with zero attached hydrogens (tertiary/aromatic N) is 11. The normalized spacial score (nSPS) is 15.5. The second kappa shape index (κ2) is 18.9. The van der Waals surface area contributed by atoms with Gasteiger partial charge in [0, 0.05) is 137 Å². The minimum absolute atomic E-state index is 0.377. The number of hydrogen-bond donors (Lipinski definition) is 8. The molecule has 0 unspecified atom stereocenters. The Kier molecular flexibility index (Phi) is 11.8. The van der Waals surface area contributed by atoms with Crippen molar-refractivity contribution in [3.05, 3.63) is 96.4 Å². The molecule has 0 radical (unpaired) electrons. The first-order valence-electron chi connectivity index (χ1n) is 24.2. The molecule has 8 aromatic heterocycles. The number of nitrogens with one attached hydrogen (secondary N) is 8. The van der Waals surface area contributed by atoms with Gasteiger partial charge in [-0.1, -0.05) is 12.1 Å². The van der Waals surface area contributed by atoms with E-state index in [0.29, 0.717) is 35.1 Å². The van der Waals surface area contributed by atoms with E-state index in [2.05, 4.69) is 134 Å². The van der Waals surface area contributed by atoms with Gasteiger partial charge in [-0.3, -0.25) is 0 Å². The molecule has 71 heavy (non-hydrogen) atoms. The zero-order valence-electron chi connectivity index (χ0n) is 39.9. The zero-order valence-corrected chi connectivity index (χ0v) is 39.9.